The maximum absolute atomic E-state index is 13.5. The normalized spacial score (nSPS) is 16.1. The molecule has 2 unspecified atom stereocenters. The van der Waals surface area contributed by atoms with E-state index in [1.54, 1.807) is 26.0 Å². The molecule has 0 fully saturated rings. The van der Waals surface area contributed by atoms with E-state index in [0.717, 1.165) is 18.6 Å². The zero-order valence-corrected chi connectivity index (χ0v) is 17.3. The Balaban J connectivity index is 2.03. The summed E-state index contributed by atoms with van der Waals surface area (Å²) in [7, 11) is 0. The summed E-state index contributed by atoms with van der Waals surface area (Å²) in [5.41, 5.74) is 0.693. The molecule has 0 aromatic heterocycles. The highest BCUT2D eigenvalue weighted by Crippen LogP contribution is 2.39. The van der Waals surface area contributed by atoms with Crippen molar-refractivity contribution in [3.8, 4) is 5.75 Å². The fourth-order valence-electron chi connectivity index (χ4n) is 2.85. The average Bonchev–Trinajstić information content (AvgIpc) is 2.65. The third-order valence-corrected chi connectivity index (χ3v) is 4.05. The van der Waals surface area contributed by atoms with Crippen molar-refractivity contribution in [3.63, 3.8) is 0 Å². The van der Waals surface area contributed by atoms with E-state index in [0.29, 0.717) is 5.56 Å². The summed E-state index contributed by atoms with van der Waals surface area (Å²) in [6, 6.07) is 3.20. The predicted molar refractivity (Wildman–Crippen MR) is 99.9 cm³/mol. The van der Waals surface area contributed by atoms with E-state index >= 15 is 0 Å². The maximum atomic E-state index is 13.5. The summed E-state index contributed by atoms with van der Waals surface area (Å²) >= 11 is 0. The van der Waals surface area contributed by atoms with Crippen LogP contribution in [0.25, 0.3) is 6.08 Å². The molecule has 1 aromatic rings. The Hall–Kier alpha value is -3.51. The summed E-state index contributed by atoms with van der Waals surface area (Å²) < 4.78 is 59.7. The number of fused-ring (bicyclic) bond motifs is 1. The SMILES string of the molecule is Cc1cc(C)c2c(c1)C=C(C(=O)OC(C)OC(=O)OCCCO[N+](=O)[O-])C(C(F)(F)F)O2. The topological polar surface area (TPSA) is 123 Å². The van der Waals surface area contributed by atoms with Crippen molar-refractivity contribution in [1.29, 1.82) is 0 Å². The highest BCUT2D eigenvalue weighted by atomic mass is 19.4. The van der Waals surface area contributed by atoms with E-state index in [1.807, 2.05) is 0 Å². The maximum Gasteiger partial charge on any atom is 0.511 e. The second kappa shape index (κ2) is 10.2. The zero-order valence-electron chi connectivity index (χ0n) is 17.3. The van der Waals surface area contributed by atoms with Crippen LogP contribution in [0.15, 0.2) is 17.7 Å². The third-order valence-electron chi connectivity index (χ3n) is 4.05. The van der Waals surface area contributed by atoms with Gasteiger partial charge in [-0.1, -0.05) is 11.6 Å². The van der Waals surface area contributed by atoms with Gasteiger partial charge in [-0.3, -0.25) is 0 Å². The number of ether oxygens (including phenoxy) is 4. The first-order valence-electron chi connectivity index (χ1n) is 9.26. The molecule has 1 aromatic carbocycles. The van der Waals surface area contributed by atoms with Crippen molar-refractivity contribution in [2.75, 3.05) is 13.2 Å². The Kier molecular flexibility index (Phi) is 7.89. The molecule has 0 aliphatic carbocycles. The minimum absolute atomic E-state index is 0.00316. The molecule has 1 heterocycles. The van der Waals surface area contributed by atoms with E-state index in [-0.39, 0.29) is 30.9 Å². The van der Waals surface area contributed by atoms with Crippen LogP contribution in [0.4, 0.5) is 18.0 Å². The molecule has 2 rings (SSSR count). The zero-order chi connectivity index (χ0) is 24.1. The van der Waals surface area contributed by atoms with Crippen LogP contribution in [0, 0.1) is 24.0 Å². The van der Waals surface area contributed by atoms with Crippen LogP contribution in [-0.2, 0) is 23.8 Å². The number of esters is 1. The second-order valence-corrected chi connectivity index (χ2v) is 6.74. The van der Waals surface area contributed by atoms with Gasteiger partial charge in [-0.15, -0.1) is 10.1 Å². The smallest absolute Gasteiger partial charge is 0.475 e. The molecule has 2 atom stereocenters. The van der Waals surface area contributed by atoms with Gasteiger partial charge in [-0.05, 0) is 31.6 Å². The van der Waals surface area contributed by atoms with Gasteiger partial charge in [-0.2, -0.15) is 13.2 Å². The first kappa shape index (κ1) is 24.8. The summed E-state index contributed by atoms with van der Waals surface area (Å²) in [5.74, 6) is -1.39. The van der Waals surface area contributed by atoms with E-state index < -0.39 is 41.4 Å². The first-order chi connectivity index (χ1) is 14.9. The van der Waals surface area contributed by atoms with Crippen LogP contribution in [-0.4, -0.2) is 49.0 Å². The minimum atomic E-state index is -4.91. The molecule has 0 saturated heterocycles. The minimum Gasteiger partial charge on any atom is -0.475 e. The molecule has 10 nitrogen and oxygen atoms in total. The van der Waals surface area contributed by atoms with Crippen LogP contribution < -0.4 is 4.74 Å². The van der Waals surface area contributed by atoms with E-state index in [4.69, 9.17) is 9.47 Å². The number of carbonyl (C=O) groups excluding carboxylic acids is 2. The predicted octanol–water partition coefficient (Wildman–Crippen LogP) is 3.65. The van der Waals surface area contributed by atoms with Gasteiger partial charge in [0.15, 0.2) is 0 Å². The van der Waals surface area contributed by atoms with Crippen molar-refractivity contribution in [1.82, 2.24) is 0 Å². The molecule has 0 bridgehead atoms. The molecule has 13 heteroatoms. The highest BCUT2D eigenvalue weighted by molar-refractivity contribution is 5.96. The third kappa shape index (κ3) is 6.75. The fourth-order valence-corrected chi connectivity index (χ4v) is 2.85. The molecule has 0 spiro atoms. The van der Waals surface area contributed by atoms with Gasteiger partial charge in [0.25, 0.3) is 5.09 Å². The van der Waals surface area contributed by atoms with Crippen LogP contribution in [0.2, 0.25) is 0 Å². The van der Waals surface area contributed by atoms with E-state index in [2.05, 4.69) is 14.3 Å². The molecule has 0 radical (unpaired) electrons. The number of hydrogen-bond acceptors (Lipinski definition) is 9. The molecule has 1 aliphatic rings. The number of rotatable bonds is 8. The van der Waals surface area contributed by atoms with Crippen LogP contribution in [0.5, 0.6) is 5.75 Å². The average molecular weight is 463 g/mol. The largest absolute Gasteiger partial charge is 0.511 e. The fraction of sp³-hybridized carbons (Fsp3) is 0.474. The number of nitrogens with zero attached hydrogens (tertiary/aromatic N) is 1. The van der Waals surface area contributed by atoms with Crippen LogP contribution in [0.3, 0.4) is 0 Å². The van der Waals surface area contributed by atoms with Gasteiger partial charge in [0.2, 0.25) is 12.4 Å². The highest BCUT2D eigenvalue weighted by Gasteiger charge is 2.49. The summed E-state index contributed by atoms with van der Waals surface area (Å²) in [4.78, 5) is 37.9. The van der Waals surface area contributed by atoms with Crippen molar-refractivity contribution >= 4 is 18.2 Å². The number of carbonyl (C=O) groups is 2. The standard InChI is InChI=1S/C19H20F3NO9/c1-10-7-11(2)15-13(8-10)9-14(16(32-15)19(20,21)22)17(24)30-12(3)31-18(25)28-5-4-6-29-23(26)27/h7-9,12,16H,4-6H2,1-3H3. The van der Waals surface area contributed by atoms with Crippen molar-refractivity contribution in [2.24, 2.45) is 0 Å². The van der Waals surface area contributed by atoms with Gasteiger partial charge in [-0.25, -0.2) is 9.59 Å². The lowest BCUT2D eigenvalue weighted by atomic mass is 9.97. The van der Waals surface area contributed by atoms with Gasteiger partial charge < -0.3 is 23.8 Å². The monoisotopic (exact) mass is 463 g/mol. The van der Waals surface area contributed by atoms with Gasteiger partial charge >= 0.3 is 18.3 Å². The van der Waals surface area contributed by atoms with Gasteiger partial charge in [0, 0.05) is 18.9 Å². The van der Waals surface area contributed by atoms with Gasteiger partial charge in [0.1, 0.15) is 5.75 Å². The second-order valence-electron chi connectivity index (χ2n) is 6.74. The van der Waals surface area contributed by atoms with Crippen LogP contribution in [0.1, 0.15) is 30.0 Å². The lowest BCUT2D eigenvalue weighted by Crippen LogP contribution is -2.41. The molecule has 176 valence electrons. The summed E-state index contributed by atoms with van der Waals surface area (Å²) in [6.45, 7) is 3.81. The van der Waals surface area contributed by atoms with Crippen molar-refractivity contribution < 1.29 is 51.6 Å². The molecule has 0 saturated carbocycles. The molecule has 1 aliphatic heterocycles. The van der Waals surface area contributed by atoms with E-state index in [9.17, 15) is 32.9 Å². The summed E-state index contributed by atoms with van der Waals surface area (Å²) in [6.07, 6.45) is -9.33. The van der Waals surface area contributed by atoms with Crippen LogP contribution >= 0.6 is 0 Å². The molecule has 0 amide bonds. The lowest BCUT2D eigenvalue weighted by molar-refractivity contribution is -0.757. The molecule has 32 heavy (non-hydrogen) atoms. The Labute approximate surface area is 179 Å². The first-order valence-corrected chi connectivity index (χ1v) is 9.26. The quantitative estimate of drug-likeness (QED) is 0.187. The summed E-state index contributed by atoms with van der Waals surface area (Å²) in [5, 5.41) is 8.96. The number of halogens is 3. The number of alkyl halides is 3. The van der Waals surface area contributed by atoms with E-state index in [1.165, 1.54) is 0 Å². The van der Waals surface area contributed by atoms with Crippen molar-refractivity contribution in [2.45, 2.75) is 45.8 Å². The molecule has 0 N–H and O–H groups in total. The molecular weight excluding hydrogens is 443 g/mol. The van der Waals surface area contributed by atoms with Crippen molar-refractivity contribution in [3.05, 3.63) is 44.5 Å². The lowest BCUT2D eigenvalue weighted by Gasteiger charge is -2.29. The Morgan fingerprint density at radius 3 is 2.53 bits per heavy atom. The number of aryl methyl sites for hydroxylation is 2. The number of hydrogen-bond donors (Lipinski definition) is 0. The molecular formula is C19H20F3NO9. The Bertz CT molecular complexity index is 914. The Morgan fingerprint density at radius 1 is 1.22 bits per heavy atom. The number of benzene rings is 1. The Morgan fingerprint density at radius 2 is 1.91 bits per heavy atom. The van der Waals surface area contributed by atoms with Gasteiger partial charge in [0.05, 0.1) is 18.8 Å².